The standard InChI is InChI=1S/C15H22N2O2/c1-11(12-4-6-13(19-2)7-5-12)17-14(18)10-15(16)8-3-9-15/h4-7,11H,3,8-10,16H2,1-2H3,(H,17,18)/t11-/m0/s1. The molecule has 1 aromatic rings. The predicted octanol–water partition coefficient (Wildman–Crippen LogP) is 2.14. The van der Waals surface area contributed by atoms with Crippen LogP contribution >= 0.6 is 0 Å². The van der Waals surface area contributed by atoms with Crippen molar-refractivity contribution in [2.75, 3.05) is 7.11 Å². The number of rotatable bonds is 5. The summed E-state index contributed by atoms with van der Waals surface area (Å²) in [6, 6.07) is 7.71. The smallest absolute Gasteiger partial charge is 0.222 e. The third-order valence-electron chi connectivity index (χ3n) is 3.86. The average molecular weight is 262 g/mol. The van der Waals surface area contributed by atoms with Crippen LogP contribution in [-0.2, 0) is 4.79 Å². The van der Waals surface area contributed by atoms with Gasteiger partial charge in [0.05, 0.1) is 13.2 Å². The Morgan fingerprint density at radius 3 is 2.53 bits per heavy atom. The van der Waals surface area contributed by atoms with Gasteiger partial charge in [0.1, 0.15) is 5.75 Å². The Balaban J connectivity index is 1.88. The van der Waals surface area contributed by atoms with Crippen LogP contribution in [0.4, 0.5) is 0 Å². The first kappa shape index (κ1) is 13.9. The highest BCUT2D eigenvalue weighted by atomic mass is 16.5. The molecule has 104 valence electrons. The van der Waals surface area contributed by atoms with Crippen LogP contribution in [0.5, 0.6) is 5.75 Å². The van der Waals surface area contributed by atoms with E-state index in [1.54, 1.807) is 7.11 Å². The lowest BCUT2D eigenvalue weighted by Crippen LogP contribution is -2.50. The highest BCUT2D eigenvalue weighted by Gasteiger charge is 2.34. The largest absolute Gasteiger partial charge is 0.497 e. The first-order chi connectivity index (χ1) is 9.02. The van der Waals surface area contributed by atoms with E-state index >= 15 is 0 Å². The van der Waals surface area contributed by atoms with Crippen LogP contribution < -0.4 is 15.8 Å². The minimum atomic E-state index is -0.260. The summed E-state index contributed by atoms with van der Waals surface area (Å²) in [5, 5.41) is 3.00. The van der Waals surface area contributed by atoms with Gasteiger partial charge in [-0.05, 0) is 43.9 Å². The zero-order valence-electron chi connectivity index (χ0n) is 11.6. The second-order valence-electron chi connectivity index (χ2n) is 5.46. The SMILES string of the molecule is COc1ccc([C@H](C)NC(=O)CC2(N)CCC2)cc1. The van der Waals surface area contributed by atoms with Crippen molar-refractivity contribution in [2.45, 2.75) is 44.2 Å². The third-order valence-corrected chi connectivity index (χ3v) is 3.86. The fourth-order valence-corrected chi connectivity index (χ4v) is 2.40. The molecule has 3 N–H and O–H groups in total. The van der Waals surface area contributed by atoms with Crippen molar-refractivity contribution in [2.24, 2.45) is 5.73 Å². The van der Waals surface area contributed by atoms with Gasteiger partial charge in [0, 0.05) is 12.0 Å². The Hall–Kier alpha value is -1.55. The summed E-state index contributed by atoms with van der Waals surface area (Å²) < 4.78 is 5.11. The number of nitrogens with one attached hydrogen (secondary N) is 1. The van der Waals surface area contributed by atoms with Crippen LogP contribution in [0.3, 0.4) is 0 Å². The fourth-order valence-electron chi connectivity index (χ4n) is 2.40. The van der Waals surface area contributed by atoms with Crippen molar-refractivity contribution < 1.29 is 9.53 Å². The zero-order chi connectivity index (χ0) is 13.9. The van der Waals surface area contributed by atoms with Crippen molar-refractivity contribution in [1.29, 1.82) is 0 Å². The van der Waals surface area contributed by atoms with Crippen LogP contribution in [0, 0.1) is 0 Å². The van der Waals surface area contributed by atoms with Gasteiger partial charge in [-0.1, -0.05) is 12.1 Å². The molecule has 4 nitrogen and oxygen atoms in total. The fraction of sp³-hybridized carbons (Fsp3) is 0.533. The summed E-state index contributed by atoms with van der Waals surface area (Å²) in [7, 11) is 1.64. The Labute approximate surface area is 114 Å². The van der Waals surface area contributed by atoms with Gasteiger partial charge in [0.25, 0.3) is 0 Å². The van der Waals surface area contributed by atoms with Gasteiger partial charge in [0.2, 0.25) is 5.91 Å². The topological polar surface area (TPSA) is 64.3 Å². The molecule has 1 atom stereocenters. The number of amides is 1. The van der Waals surface area contributed by atoms with E-state index < -0.39 is 0 Å². The highest BCUT2D eigenvalue weighted by Crippen LogP contribution is 2.32. The van der Waals surface area contributed by atoms with Gasteiger partial charge in [-0.2, -0.15) is 0 Å². The highest BCUT2D eigenvalue weighted by molar-refractivity contribution is 5.77. The van der Waals surface area contributed by atoms with Gasteiger partial charge in [-0.25, -0.2) is 0 Å². The first-order valence-electron chi connectivity index (χ1n) is 6.75. The summed E-state index contributed by atoms with van der Waals surface area (Å²) in [5.74, 6) is 0.850. The van der Waals surface area contributed by atoms with Crippen LogP contribution in [0.1, 0.15) is 44.2 Å². The average Bonchev–Trinajstić information content (AvgIpc) is 2.36. The molecular weight excluding hydrogens is 240 g/mol. The van der Waals surface area contributed by atoms with Crippen molar-refractivity contribution >= 4 is 5.91 Å². The second-order valence-corrected chi connectivity index (χ2v) is 5.46. The second kappa shape index (κ2) is 5.61. The van der Waals surface area contributed by atoms with Gasteiger partial charge < -0.3 is 15.8 Å². The summed E-state index contributed by atoms with van der Waals surface area (Å²) >= 11 is 0. The van der Waals surface area contributed by atoms with Crippen molar-refractivity contribution in [1.82, 2.24) is 5.32 Å². The lowest BCUT2D eigenvalue weighted by atomic mass is 9.75. The van der Waals surface area contributed by atoms with E-state index in [9.17, 15) is 4.79 Å². The van der Waals surface area contributed by atoms with Crippen LogP contribution in [0.25, 0.3) is 0 Å². The number of nitrogens with two attached hydrogens (primary N) is 1. The minimum Gasteiger partial charge on any atom is -0.497 e. The number of benzene rings is 1. The van der Waals surface area contributed by atoms with Gasteiger partial charge in [-0.15, -0.1) is 0 Å². The maximum atomic E-state index is 11.9. The molecule has 1 aliphatic carbocycles. The number of carbonyl (C=O) groups is 1. The molecule has 0 aromatic heterocycles. The Morgan fingerprint density at radius 2 is 2.05 bits per heavy atom. The molecule has 2 rings (SSSR count). The molecule has 4 heteroatoms. The lowest BCUT2D eigenvalue weighted by Gasteiger charge is -2.37. The maximum absolute atomic E-state index is 11.9. The summed E-state index contributed by atoms with van der Waals surface area (Å²) in [4.78, 5) is 11.9. The molecule has 0 unspecified atom stereocenters. The Morgan fingerprint density at radius 1 is 1.42 bits per heavy atom. The third kappa shape index (κ3) is 3.47. The van der Waals surface area contributed by atoms with Gasteiger partial charge in [0.15, 0.2) is 0 Å². The van der Waals surface area contributed by atoms with Gasteiger partial charge in [-0.3, -0.25) is 4.79 Å². The molecule has 0 radical (unpaired) electrons. The van der Waals surface area contributed by atoms with E-state index in [0.717, 1.165) is 30.6 Å². The molecule has 0 heterocycles. The van der Waals surface area contributed by atoms with Crippen LogP contribution in [0.2, 0.25) is 0 Å². The van der Waals surface area contributed by atoms with Gasteiger partial charge >= 0.3 is 0 Å². The molecule has 1 saturated carbocycles. The van der Waals surface area contributed by atoms with E-state index in [2.05, 4.69) is 5.32 Å². The zero-order valence-corrected chi connectivity index (χ0v) is 11.6. The maximum Gasteiger partial charge on any atom is 0.222 e. The molecule has 1 fully saturated rings. The van der Waals surface area contributed by atoms with E-state index in [1.165, 1.54) is 0 Å². The Kier molecular flexibility index (Phi) is 4.10. The number of methoxy groups -OCH3 is 1. The molecule has 0 saturated heterocycles. The van der Waals surface area contributed by atoms with E-state index in [-0.39, 0.29) is 17.5 Å². The van der Waals surface area contributed by atoms with E-state index in [4.69, 9.17) is 10.5 Å². The normalized spacial score (nSPS) is 18.3. The predicted molar refractivity (Wildman–Crippen MR) is 74.9 cm³/mol. The summed E-state index contributed by atoms with van der Waals surface area (Å²) in [6.45, 7) is 1.98. The van der Waals surface area contributed by atoms with Crippen LogP contribution in [-0.4, -0.2) is 18.6 Å². The molecule has 1 aliphatic rings. The minimum absolute atomic E-state index is 0.0120. The Bertz CT molecular complexity index is 438. The number of hydrogen-bond donors (Lipinski definition) is 2. The van der Waals surface area contributed by atoms with Crippen LogP contribution in [0.15, 0.2) is 24.3 Å². The quantitative estimate of drug-likeness (QED) is 0.854. The van der Waals surface area contributed by atoms with Crippen molar-refractivity contribution in [3.63, 3.8) is 0 Å². The number of carbonyl (C=O) groups excluding carboxylic acids is 1. The molecule has 19 heavy (non-hydrogen) atoms. The van der Waals surface area contributed by atoms with Crippen molar-refractivity contribution in [3.8, 4) is 5.75 Å². The molecular formula is C15H22N2O2. The number of hydrogen-bond acceptors (Lipinski definition) is 3. The summed E-state index contributed by atoms with van der Waals surface area (Å²) in [5.41, 5.74) is 6.88. The van der Waals surface area contributed by atoms with E-state index in [1.807, 2.05) is 31.2 Å². The van der Waals surface area contributed by atoms with E-state index in [0.29, 0.717) is 6.42 Å². The molecule has 1 amide bonds. The first-order valence-corrected chi connectivity index (χ1v) is 6.75. The lowest BCUT2D eigenvalue weighted by molar-refractivity contribution is -0.123. The summed E-state index contributed by atoms with van der Waals surface area (Å²) in [6.07, 6.45) is 3.47. The monoisotopic (exact) mass is 262 g/mol. The van der Waals surface area contributed by atoms with Crippen molar-refractivity contribution in [3.05, 3.63) is 29.8 Å². The molecule has 0 bridgehead atoms. The molecule has 1 aromatic carbocycles. The number of ether oxygens (including phenoxy) is 1. The molecule has 0 spiro atoms. The molecule has 0 aliphatic heterocycles.